The zero-order valence-corrected chi connectivity index (χ0v) is 15.4. The average Bonchev–Trinajstić information content (AvgIpc) is 2.65. The molecule has 0 atom stereocenters. The summed E-state index contributed by atoms with van der Waals surface area (Å²) in [4.78, 5) is 16.0. The monoisotopic (exact) mass is 347 g/mol. The van der Waals surface area contributed by atoms with Crippen LogP contribution in [0.15, 0.2) is 54.6 Å². The number of fused-ring (bicyclic) bond motifs is 1. The Labute approximate surface area is 154 Å². The number of unbranched alkanes of at least 4 members (excludes halogenated alkanes) is 1. The van der Waals surface area contributed by atoms with Gasteiger partial charge in [0, 0.05) is 30.1 Å². The quantitative estimate of drug-likeness (QED) is 0.606. The molecule has 26 heavy (non-hydrogen) atoms. The minimum Gasteiger partial charge on any atom is -0.326 e. The molecule has 2 aromatic carbocycles. The van der Waals surface area contributed by atoms with E-state index >= 15 is 0 Å². The number of anilines is 1. The van der Waals surface area contributed by atoms with E-state index in [-0.39, 0.29) is 5.91 Å². The third-order valence-corrected chi connectivity index (χ3v) is 4.33. The van der Waals surface area contributed by atoms with Crippen LogP contribution in [0.3, 0.4) is 0 Å². The van der Waals surface area contributed by atoms with Gasteiger partial charge in [-0.05, 0) is 42.8 Å². The molecule has 1 amide bonds. The molecule has 4 heteroatoms. The lowest BCUT2D eigenvalue weighted by Crippen LogP contribution is -2.15. The number of carbonyl (C=O) groups excluding carboxylic acids is 1. The van der Waals surface area contributed by atoms with E-state index in [0.29, 0.717) is 0 Å². The summed E-state index contributed by atoms with van der Waals surface area (Å²) in [5, 5.41) is 7.51. The van der Waals surface area contributed by atoms with Crippen LogP contribution < -0.4 is 10.6 Å². The smallest absolute Gasteiger partial charge is 0.221 e. The maximum absolute atomic E-state index is 11.2. The number of carbonyl (C=O) groups is 1. The summed E-state index contributed by atoms with van der Waals surface area (Å²) in [6, 6.07) is 18.2. The van der Waals surface area contributed by atoms with Crippen LogP contribution >= 0.6 is 0 Å². The summed E-state index contributed by atoms with van der Waals surface area (Å²) in [5.74, 6) is -0.0676. The number of rotatable bonds is 7. The molecule has 134 valence electrons. The number of nitrogens with one attached hydrogen (secondary N) is 2. The summed E-state index contributed by atoms with van der Waals surface area (Å²) in [6.45, 7) is 5.57. The molecule has 0 saturated heterocycles. The predicted octanol–water partition coefficient (Wildman–Crippen LogP) is 4.75. The second kappa shape index (κ2) is 8.59. The Morgan fingerprint density at radius 1 is 1.08 bits per heavy atom. The van der Waals surface area contributed by atoms with Crippen molar-refractivity contribution in [3.8, 4) is 11.3 Å². The molecule has 0 bridgehead atoms. The first-order chi connectivity index (χ1) is 12.7. The lowest BCUT2D eigenvalue weighted by molar-refractivity contribution is -0.114. The first-order valence-electron chi connectivity index (χ1n) is 9.15. The van der Waals surface area contributed by atoms with Gasteiger partial charge >= 0.3 is 0 Å². The van der Waals surface area contributed by atoms with Gasteiger partial charge in [-0.2, -0.15) is 0 Å². The molecule has 0 aliphatic carbocycles. The largest absolute Gasteiger partial charge is 0.326 e. The SMILES string of the molecule is CCCCNCc1cc(-c2ccc(NC(C)=O)cc2)nc2ccccc12. The highest BCUT2D eigenvalue weighted by molar-refractivity contribution is 5.89. The van der Waals surface area contributed by atoms with Crippen molar-refractivity contribution in [2.75, 3.05) is 11.9 Å². The fourth-order valence-electron chi connectivity index (χ4n) is 2.99. The average molecular weight is 347 g/mol. The molecular formula is C22H25N3O. The van der Waals surface area contributed by atoms with E-state index in [9.17, 15) is 4.79 Å². The molecule has 2 N–H and O–H groups in total. The minimum absolute atomic E-state index is 0.0676. The number of pyridine rings is 1. The maximum atomic E-state index is 11.2. The van der Waals surface area contributed by atoms with Crippen molar-refractivity contribution in [1.29, 1.82) is 0 Å². The molecular weight excluding hydrogens is 322 g/mol. The van der Waals surface area contributed by atoms with Gasteiger partial charge in [0.1, 0.15) is 0 Å². The topological polar surface area (TPSA) is 54.0 Å². The van der Waals surface area contributed by atoms with Gasteiger partial charge in [-0.1, -0.05) is 43.7 Å². The second-order valence-electron chi connectivity index (χ2n) is 6.47. The van der Waals surface area contributed by atoms with Crippen LogP contribution in [-0.4, -0.2) is 17.4 Å². The first kappa shape index (κ1) is 18.1. The number of benzene rings is 2. The van der Waals surface area contributed by atoms with E-state index in [0.717, 1.165) is 35.6 Å². The van der Waals surface area contributed by atoms with Crippen molar-refractivity contribution in [2.45, 2.75) is 33.2 Å². The molecule has 0 spiro atoms. The Morgan fingerprint density at radius 2 is 1.85 bits per heavy atom. The van der Waals surface area contributed by atoms with Crippen LogP contribution in [0.2, 0.25) is 0 Å². The van der Waals surface area contributed by atoms with Crippen molar-refractivity contribution in [3.05, 3.63) is 60.2 Å². The standard InChI is InChI=1S/C22H25N3O/c1-3-4-13-23-15-18-14-22(25-21-8-6-5-7-20(18)21)17-9-11-19(12-10-17)24-16(2)26/h5-12,14,23H,3-4,13,15H2,1-2H3,(H,24,26). The zero-order valence-electron chi connectivity index (χ0n) is 15.4. The predicted molar refractivity (Wildman–Crippen MR) is 108 cm³/mol. The van der Waals surface area contributed by atoms with Gasteiger partial charge in [-0.3, -0.25) is 4.79 Å². The lowest BCUT2D eigenvalue weighted by Gasteiger charge is -2.11. The van der Waals surface area contributed by atoms with Gasteiger partial charge in [0.2, 0.25) is 5.91 Å². The third-order valence-electron chi connectivity index (χ3n) is 4.33. The number of aromatic nitrogens is 1. The van der Waals surface area contributed by atoms with Crippen molar-refractivity contribution >= 4 is 22.5 Å². The summed E-state index contributed by atoms with van der Waals surface area (Å²) in [7, 11) is 0. The van der Waals surface area contributed by atoms with Gasteiger partial charge in [0.25, 0.3) is 0 Å². The van der Waals surface area contributed by atoms with Crippen LogP contribution in [0.1, 0.15) is 32.3 Å². The van der Waals surface area contributed by atoms with E-state index in [1.54, 1.807) is 0 Å². The number of hydrogen-bond donors (Lipinski definition) is 2. The van der Waals surface area contributed by atoms with Crippen molar-refractivity contribution in [3.63, 3.8) is 0 Å². The minimum atomic E-state index is -0.0676. The van der Waals surface area contributed by atoms with Crippen molar-refractivity contribution in [2.24, 2.45) is 0 Å². The number of hydrogen-bond acceptors (Lipinski definition) is 3. The van der Waals surface area contributed by atoms with Crippen LogP contribution in [0.4, 0.5) is 5.69 Å². The number of para-hydroxylation sites is 1. The van der Waals surface area contributed by atoms with Gasteiger partial charge in [0.15, 0.2) is 0 Å². The molecule has 1 heterocycles. The van der Waals surface area contributed by atoms with Gasteiger partial charge in [0.05, 0.1) is 11.2 Å². The second-order valence-corrected chi connectivity index (χ2v) is 6.47. The van der Waals surface area contributed by atoms with Crippen LogP contribution in [0.5, 0.6) is 0 Å². The molecule has 4 nitrogen and oxygen atoms in total. The lowest BCUT2D eigenvalue weighted by atomic mass is 10.0. The van der Waals surface area contributed by atoms with Gasteiger partial charge in [-0.25, -0.2) is 4.98 Å². The first-order valence-corrected chi connectivity index (χ1v) is 9.15. The summed E-state index contributed by atoms with van der Waals surface area (Å²) in [6.07, 6.45) is 2.37. The van der Waals surface area contributed by atoms with Gasteiger partial charge in [-0.15, -0.1) is 0 Å². The summed E-state index contributed by atoms with van der Waals surface area (Å²) in [5.41, 5.74) is 5.05. The Kier molecular flexibility index (Phi) is 5.97. The van der Waals surface area contributed by atoms with Gasteiger partial charge < -0.3 is 10.6 Å². The van der Waals surface area contributed by atoms with Crippen molar-refractivity contribution in [1.82, 2.24) is 10.3 Å². The Bertz CT molecular complexity index is 888. The molecule has 3 aromatic rings. The zero-order chi connectivity index (χ0) is 18.4. The highest BCUT2D eigenvalue weighted by atomic mass is 16.1. The Balaban J connectivity index is 1.91. The van der Waals surface area contributed by atoms with E-state index in [2.05, 4.69) is 41.8 Å². The fourth-order valence-corrected chi connectivity index (χ4v) is 2.99. The van der Waals surface area contributed by atoms with Crippen LogP contribution in [0, 0.1) is 0 Å². The van der Waals surface area contributed by atoms with E-state index < -0.39 is 0 Å². The maximum Gasteiger partial charge on any atom is 0.221 e. The fraction of sp³-hybridized carbons (Fsp3) is 0.273. The Morgan fingerprint density at radius 3 is 2.58 bits per heavy atom. The molecule has 0 unspecified atom stereocenters. The van der Waals surface area contributed by atoms with Crippen LogP contribution in [-0.2, 0) is 11.3 Å². The molecule has 1 aromatic heterocycles. The summed E-state index contributed by atoms with van der Waals surface area (Å²) >= 11 is 0. The highest BCUT2D eigenvalue weighted by Gasteiger charge is 2.08. The number of amides is 1. The Hall–Kier alpha value is -2.72. The molecule has 0 aliphatic rings. The normalized spacial score (nSPS) is 10.8. The van der Waals surface area contributed by atoms with E-state index in [4.69, 9.17) is 4.98 Å². The molecule has 0 radical (unpaired) electrons. The van der Waals surface area contributed by atoms with Crippen LogP contribution in [0.25, 0.3) is 22.2 Å². The molecule has 0 saturated carbocycles. The van der Waals surface area contributed by atoms with Crippen molar-refractivity contribution < 1.29 is 4.79 Å². The molecule has 3 rings (SSSR count). The van der Waals surface area contributed by atoms with E-state index in [1.807, 2.05) is 30.3 Å². The van der Waals surface area contributed by atoms with E-state index in [1.165, 1.54) is 30.7 Å². The third kappa shape index (κ3) is 4.46. The molecule has 0 fully saturated rings. The number of nitrogens with zero attached hydrogens (tertiary/aromatic N) is 1. The molecule has 0 aliphatic heterocycles. The summed E-state index contributed by atoms with van der Waals surface area (Å²) < 4.78 is 0. The highest BCUT2D eigenvalue weighted by Crippen LogP contribution is 2.26.